The van der Waals surface area contributed by atoms with Gasteiger partial charge in [-0.25, -0.2) is 0 Å². The van der Waals surface area contributed by atoms with Crippen molar-refractivity contribution in [3.8, 4) is 0 Å². The van der Waals surface area contributed by atoms with Crippen LogP contribution in [0.15, 0.2) is 0 Å². The zero-order valence-corrected chi connectivity index (χ0v) is 10.7. The molecule has 0 spiro atoms. The minimum Gasteiger partial charge on any atom is -0.383 e. The molecule has 0 bridgehead atoms. The number of hydrogen-bond acceptors (Lipinski definition) is 4. The quantitative estimate of drug-likeness (QED) is 0.384. The van der Waals surface area contributed by atoms with E-state index in [1.807, 2.05) is 0 Å². The van der Waals surface area contributed by atoms with E-state index in [1.165, 1.54) is 0 Å². The van der Waals surface area contributed by atoms with Crippen molar-refractivity contribution in [1.29, 1.82) is 0 Å². The van der Waals surface area contributed by atoms with Gasteiger partial charge in [-0.2, -0.15) is 0 Å². The molecule has 0 aromatic carbocycles. The lowest BCUT2D eigenvalue weighted by Crippen LogP contribution is -2.28. The van der Waals surface area contributed by atoms with Crippen LogP contribution in [0.5, 0.6) is 0 Å². The summed E-state index contributed by atoms with van der Waals surface area (Å²) in [5.41, 5.74) is 9.84. The number of aliphatic hydroxyl groups excluding tert-OH is 2. The van der Waals surface area contributed by atoms with Gasteiger partial charge in [0.1, 0.15) is 12.2 Å². The summed E-state index contributed by atoms with van der Waals surface area (Å²) >= 11 is 0. The second-order valence-electron chi connectivity index (χ2n) is 4.54. The maximum Gasteiger partial charge on any atom is 0.246 e. The molecule has 106 valence electrons. The summed E-state index contributed by atoms with van der Waals surface area (Å²) in [6.07, 6.45) is 4.17. The molecule has 2 unspecified atom stereocenters. The smallest absolute Gasteiger partial charge is 0.246 e. The number of amides is 2. The molecule has 0 radical (unpaired) electrons. The highest BCUT2D eigenvalue weighted by Crippen LogP contribution is 2.10. The molecule has 0 rings (SSSR count). The van der Waals surface area contributed by atoms with Gasteiger partial charge >= 0.3 is 0 Å². The Hall–Kier alpha value is -1.14. The highest BCUT2D eigenvalue weighted by atomic mass is 16.3. The van der Waals surface area contributed by atoms with Gasteiger partial charge in [-0.3, -0.25) is 9.59 Å². The number of rotatable bonds is 11. The zero-order valence-electron chi connectivity index (χ0n) is 10.7. The van der Waals surface area contributed by atoms with E-state index < -0.39 is 24.0 Å². The molecule has 6 heteroatoms. The lowest BCUT2D eigenvalue weighted by Gasteiger charge is -2.07. The molecule has 2 atom stereocenters. The third kappa shape index (κ3) is 8.95. The van der Waals surface area contributed by atoms with Crippen molar-refractivity contribution in [3.63, 3.8) is 0 Å². The summed E-state index contributed by atoms with van der Waals surface area (Å²) in [6, 6.07) is 0. The van der Waals surface area contributed by atoms with Gasteiger partial charge in [-0.15, -0.1) is 0 Å². The van der Waals surface area contributed by atoms with Gasteiger partial charge in [0.15, 0.2) is 0 Å². The van der Waals surface area contributed by atoms with Crippen LogP contribution >= 0.6 is 0 Å². The van der Waals surface area contributed by atoms with Gasteiger partial charge in [-0.05, 0) is 12.8 Å². The zero-order chi connectivity index (χ0) is 14.0. The van der Waals surface area contributed by atoms with Gasteiger partial charge in [-0.1, -0.05) is 38.5 Å². The molecular formula is C12H24N2O4. The average Bonchev–Trinajstić information content (AvgIpc) is 2.31. The maximum atomic E-state index is 10.5. The van der Waals surface area contributed by atoms with E-state index in [9.17, 15) is 9.59 Å². The van der Waals surface area contributed by atoms with Crippen LogP contribution in [0.3, 0.4) is 0 Å². The molecule has 0 aliphatic heterocycles. The number of primary amides is 2. The maximum absolute atomic E-state index is 10.5. The molecule has 0 heterocycles. The first-order valence-corrected chi connectivity index (χ1v) is 6.40. The molecule has 0 saturated carbocycles. The minimum absolute atomic E-state index is 0.412. The highest BCUT2D eigenvalue weighted by molar-refractivity contribution is 5.78. The topological polar surface area (TPSA) is 127 Å². The summed E-state index contributed by atoms with van der Waals surface area (Å²) in [5.74, 6) is -1.34. The number of hydrogen-bond donors (Lipinski definition) is 4. The van der Waals surface area contributed by atoms with Crippen molar-refractivity contribution in [2.24, 2.45) is 11.5 Å². The van der Waals surface area contributed by atoms with Crippen molar-refractivity contribution >= 4 is 11.8 Å². The van der Waals surface area contributed by atoms with Gasteiger partial charge in [0.05, 0.1) is 0 Å². The standard InChI is InChI=1S/C12H24N2O4/c13-11(17)9(15)7-5-3-1-2-4-6-8-10(16)12(14)18/h9-10,15-16H,1-8H2,(H2,13,17)(H2,14,18). The highest BCUT2D eigenvalue weighted by Gasteiger charge is 2.10. The van der Waals surface area contributed by atoms with Gasteiger partial charge < -0.3 is 21.7 Å². The Balaban J connectivity index is 3.26. The van der Waals surface area contributed by atoms with Crippen LogP contribution in [0, 0.1) is 0 Å². The molecular weight excluding hydrogens is 236 g/mol. The Morgan fingerprint density at radius 1 is 0.722 bits per heavy atom. The molecule has 18 heavy (non-hydrogen) atoms. The van der Waals surface area contributed by atoms with Gasteiger partial charge in [0, 0.05) is 0 Å². The largest absolute Gasteiger partial charge is 0.383 e. The fourth-order valence-electron chi connectivity index (χ4n) is 1.67. The first-order valence-electron chi connectivity index (χ1n) is 6.40. The molecule has 0 aliphatic carbocycles. The minimum atomic E-state index is -1.03. The lowest BCUT2D eigenvalue weighted by atomic mass is 10.0. The Kier molecular flexibility index (Phi) is 9.22. The predicted molar refractivity (Wildman–Crippen MR) is 67.3 cm³/mol. The van der Waals surface area contributed by atoms with Crippen molar-refractivity contribution in [2.75, 3.05) is 0 Å². The van der Waals surface area contributed by atoms with E-state index in [1.54, 1.807) is 0 Å². The van der Waals surface area contributed by atoms with E-state index >= 15 is 0 Å². The summed E-state index contributed by atoms with van der Waals surface area (Å²) in [6.45, 7) is 0. The third-order valence-corrected chi connectivity index (χ3v) is 2.86. The van der Waals surface area contributed by atoms with Crippen LogP contribution in [-0.4, -0.2) is 34.2 Å². The second kappa shape index (κ2) is 9.85. The summed E-state index contributed by atoms with van der Waals surface area (Å²) < 4.78 is 0. The first-order chi connectivity index (χ1) is 8.45. The molecule has 0 aromatic heterocycles. The average molecular weight is 260 g/mol. The summed E-state index contributed by atoms with van der Waals surface area (Å²) in [5, 5.41) is 18.3. The van der Waals surface area contributed by atoms with E-state index in [0.29, 0.717) is 12.8 Å². The van der Waals surface area contributed by atoms with Crippen LogP contribution in [0.4, 0.5) is 0 Å². The number of nitrogens with two attached hydrogens (primary N) is 2. The fraction of sp³-hybridized carbons (Fsp3) is 0.833. The normalized spacial score (nSPS) is 14.1. The van der Waals surface area contributed by atoms with Crippen LogP contribution < -0.4 is 11.5 Å². The van der Waals surface area contributed by atoms with Crippen LogP contribution in [0.25, 0.3) is 0 Å². The molecule has 0 aromatic rings. The molecule has 6 N–H and O–H groups in total. The van der Waals surface area contributed by atoms with Gasteiger partial charge in [0.2, 0.25) is 11.8 Å². The third-order valence-electron chi connectivity index (χ3n) is 2.86. The van der Waals surface area contributed by atoms with E-state index in [4.69, 9.17) is 21.7 Å². The number of carbonyl (C=O) groups is 2. The van der Waals surface area contributed by atoms with Crippen molar-refractivity contribution in [2.45, 2.75) is 63.6 Å². The Labute approximate surface area is 107 Å². The predicted octanol–water partition coefficient (Wildman–Crippen LogP) is -0.200. The first kappa shape index (κ1) is 16.9. The summed E-state index contributed by atoms with van der Waals surface area (Å²) in [7, 11) is 0. The lowest BCUT2D eigenvalue weighted by molar-refractivity contribution is -0.127. The molecule has 0 aliphatic rings. The van der Waals surface area contributed by atoms with Crippen LogP contribution in [0.1, 0.15) is 51.4 Å². The fourth-order valence-corrected chi connectivity index (χ4v) is 1.67. The summed E-state index contributed by atoms with van der Waals surface area (Å²) in [4.78, 5) is 21.1. The number of carbonyl (C=O) groups excluding carboxylic acids is 2. The Morgan fingerprint density at radius 2 is 1.00 bits per heavy atom. The van der Waals surface area contributed by atoms with Crippen molar-refractivity contribution in [1.82, 2.24) is 0 Å². The van der Waals surface area contributed by atoms with E-state index in [0.717, 1.165) is 38.5 Å². The SMILES string of the molecule is NC(=O)C(O)CCCCCCCCC(O)C(N)=O. The number of unbranched alkanes of at least 4 members (excludes halogenated alkanes) is 5. The molecule has 6 nitrogen and oxygen atoms in total. The van der Waals surface area contributed by atoms with Gasteiger partial charge in [0.25, 0.3) is 0 Å². The van der Waals surface area contributed by atoms with Crippen LogP contribution in [-0.2, 0) is 9.59 Å². The Bertz CT molecular complexity index is 232. The van der Waals surface area contributed by atoms with Crippen molar-refractivity contribution < 1.29 is 19.8 Å². The molecule has 0 fully saturated rings. The van der Waals surface area contributed by atoms with E-state index in [2.05, 4.69) is 0 Å². The molecule has 0 saturated heterocycles. The van der Waals surface area contributed by atoms with Crippen LogP contribution in [0.2, 0.25) is 0 Å². The van der Waals surface area contributed by atoms with Crippen molar-refractivity contribution in [3.05, 3.63) is 0 Å². The second-order valence-corrected chi connectivity index (χ2v) is 4.54. The molecule has 2 amide bonds. The number of aliphatic hydroxyl groups is 2. The Morgan fingerprint density at radius 3 is 1.28 bits per heavy atom. The monoisotopic (exact) mass is 260 g/mol. The van der Waals surface area contributed by atoms with E-state index in [-0.39, 0.29) is 0 Å².